The molecule has 0 spiro atoms. The SMILES string of the molecule is O=C(CC(O)COS(=O)(=O)O)C(CO)NS(=O)(=O)O. The maximum atomic E-state index is 11.4. The third-order valence-corrected chi connectivity index (χ3v) is 2.72. The minimum Gasteiger partial charge on any atom is -0.394 e. The molecule has 0 aromatic heterocycles. The average molecular weight is 323 g/mol. The van der Waals surface area contributed by atoms with E-state index in [2.05, 4.69) is 4.18 Å². The summed E-state index contributed by atoms with van der Waals surface area (Å²) in [7, 11) is -9.51. The molecule has 0 aromatic carbocycles. The predicted molar refractivity (Wildman–Crippen MR) is 58.7 cm³/mol. The standard InChI is InChI=1S/C6H13NO10S2/c8-2-5(7-18(11,12)13)6(10)1-4(9)3-17-19(14,15)16/h4-5,7-9H,1-3H2,(H,11,12,13)(H,14,15,16). The lowest BCUT2D eigenvalue weighted by Gasteiger charge is -2.15. The zero-order valence-corrected chi connectivity index (χ0v) is 11.0. The zero-order chi connectivity index (χ0) is 15.3. The fourth-order valence-corrected chi connectivity index (χ4v) is 1.88. The quantitative estimate of drug-likeness (QED) is 0.271. The number of hydrogen-bond acceptors (Lipinski definition) is 8. The van der Waals surface area contributed by atoms with Gasteiger partial charge in [-0.05, 0) is 0 Å². The molecule has 114 valence electrons. The van der Waals surface area contributed by atoms with Crippen molar-refractivity contribution in [3.05, 3.63) is 0 Å². The van der Waals surface area contributed by atoms with Crippen LogP contribution >= 0.6 is 0 Å². The van der Waals surface area contributed by atoms with Gasteiger partial charge in [-0.3, -0.25) is 13.9 Å². The summed E-state index contributed by atoms with van der Waals surface area (Å²) in [6, 6.07) is -1.70. The molecule has 19 heavy (non-hydrogen) atoms. The van der Waals surface area contributed by atoms with Crippen LogP contribution < -0.4 is 4.72 Å². The molecule has 0 saturated carbocycles. The first-order valence-corrected chi connectivity index (χ1v) is 7.43. The van der Waals surface area contributed by atoms with Gasteiger partial charge in [-0.2, -0.15) is 21.6 Å². The van der Waals surface area contributed by atoms with Gasteiger partial charge in [-0.1, -0.05) is 0 Å². The number of Topliss-reactive ketones (excluding diaryl/α,β-unsaturated/α-hetero) is 1. The Labute approximate surface area is 109 Å². The monoisotopic (exact) mass is 323 g/mol. The second kappa shape index (κ2) is 7.20. The molecule has 2 atom stereocenters. The molecule has 0 bridgehead atoms. The summed E-state index contributed by atoms with van der Waals surface area (Å²) in [6.07, 6.45) is -2.44. The van der Waals surface area contributed by atoms with E-state index in [9.17, 15) is 26.7 Å². The predicted octanol–water partition coefficient (Wildman–Crippen LogP) is -3.12. The van der Waals surface area contributed by atoms with Gasteiger partial charge in [0.2, 0.25) is 0 Å². The number of carbonyl (C=O) groups is 1. The van der Waals surface area contributed by atoms with Crippen molar-refractivity contribution in [3.63, 3.8) is 0 Å². The zero-order valence-electron chi connectivity index (χ0n) is 9.33. The van der Waals surface area contributed by atoms with Crippen LogP contribution in [0.25, 0.3) is 0 Å². The highest BCUT2D eigenvalue weighted by Gasteiger charge is 2.25. The first kappa shape index (κ1) is 18.3. The molecule has 0 aliphatic carbocycles. The highest BCUT2D eigenvalue weighted by Crippen LogP contribution is 2.01. The van der Waals surface area contributed by atoms with Gasteiger partial charge in [0.25, 0.3) is 0 Å². The average Bonchev–Trinajstić information content (AvgIpc) is 2.20. The number of aliphatic hydroxyl groups excluding tert-OH is 2. The van der Waals surface area contributed by atoms with Crippen LogP contribution in [0.1, 0.15) is 6.42 Å². The van der Waals surface area contributed by atoms with Crippen molar-refractivity contribution in [2.45, 2.75) is 18.6 Å². The van der Waals surface area contributed by atoms with Crippen molar-refractivity contribution in [1.82, 2.24) is 4.72 Å². The molecule has 0 heterocycles. The molecule has 0 amide bonds. The van der Waals surface area contributed by atoms with Gasteiger partial charge in [-0.15, -0.1) is 0 Å². The number of nitrogens with one attached hydrogen (secondary N) is 1. The molecule has 2 unspecified atom stereocenters. The third-order valence-electron chi connectivity index (χ3n) is 1.71. The van der Waals surface area contributed by atoms with Crippen LogP contribution in [0.2, 0.25) is 0 Å². The molecule has 5 N–H and O–H groups in total. The van der Waals surface area contributed by atoms with E-state index < -0.39 is 58.3 Å². The first-order chi connectivity index (χ1) is 8.44. The summed E-state index contributed by atoms with van der Waals surface area (Å²) in [5.41, 5.74) is 0. The minimum absolute atomic E-state index is 0.775. The molecule has 13 heteroatoms. The summed E-state index contributed by atoms with van der Waals surface area (Å²) in [5.74, 6) is -1.02. The Balaban J connectivity index is 4.41. The van der Waals surface area contributed by atoms with Gasteiger partial charge in [0, 0.05) is 6.42 Å². The first-order valence-electron chi connectivity index (χ1n) is 4.63. The van der Waals surface area contributed by atoms with Gasteiger partial charge in [0.1, 0.15) is 6.04 Å². The summed E-state index contributed by atoms with van der Waals surface area (Å²) < 4.78 is 63.0. The molecular formula is C6H13NO10S2. The lowest BCUT2D eigenvalue weighted by Crippen LogP contribution is -2.44. The van der Waals surface area contributed by atoms with Crippen LogP contribution in [-0.4, -0.2) is 67.3 Å². The van der Waals surface area contributed by atoms with Crippen molar-refractivity contribution in [2.75, 3.05) is 13.2 Å². The van der Waals surface area contributed by atoms with Crippen molar-refractivity contribution >= 4 is 26.5 Å². The fourth-order valence-electron chi connectivity index (χ4n) is 0.983. The van der Waals surface area contributed by atoms with Crippen molar-refractivity contribution in [2.24, 2.45) is 0 Å². The largest absolute Gasteiger partial charge is 0.397 e. The molecule has 0 fully saturated rings. The highest BCUT2D eigenvalue weighted by molar-refractivity contribution is 7.83. The summed E-state index contributed by atoms with van der Waals surface area (Å²) >= 11 is 0. The number of rotatable bonds is 9. The lowest BCUT2D eigenvalue weighted by atomic mass is 10.1. The Bertz CT molecular complexity index is 496. The van der Waals surface area contributed by atoms with Gasteiger partial charge in [0.05, 0.1) is 19.3 Å². The summed E-state index contributed by atoms with van der Waals surface area (Å²) in [5, 5.41) is 17.9. The number of hydrogen-bond donors (Lipinski definition) is 5. The van der Waals surface area contributed by atoms with E-state index in [1.807, 2.05) is 0 Å². The maximum absolute atomic E-state index is 11.4. The van der Waals surface area contributed by atoms with Crippen LogP contribution in [0, 0.1) is 0 Å². The Morgan fingerprint density at radius 1 is 1.21 bits per heavy atom. The van der Waals surface area contributed by atoms with Gasteiger partial charge in [-0.25, -0.2) is 4.18 Å². The highest BCUT2D eigenvalue weighted by atomic mass is 32.3. The number of aliphatic hydroxyl groups is 2. The Hall–Kier alpha value is -0.670. The van der Waals surface area contributed by atoms with Gasteiger partial charge >= 0.3 is 20.7 Å². The molecule has 0 aliphatic rings. The van der Waals surface area contributed by atoms with Crippen molar-refractivity contribution < 1.29 is 45.1 Å². The Morgan fingerprint density at radius 2 is 1.74 bits per heavy atom. The second-order valence-corrected chi connectivity index (χ2v) is 5.64. The summed E-state index contributed by atoms with van der Waals surface area (Å²) in [6.45, 7) is -1.92. The van der Waals surface area contributed by atoms with E-state index in [4.69, 9.17) is 14.2 Å². The van der Waals surface area contributed by atoms with Gasteiger partial charge in [0.15, 0.2) is 5.78 Å². The van der Waals surface area contributed by atoms with Gasteiger partial charge < -0.3 is 10.2 Å². The molecule has 11 nitrogen and oxygen atoms in total. The molecule has 0 radical (unpaired) electrons. The van der Waals surface area contributed by atoms with Crippen LogP contribution in [-0.2, 0) is 29.7 Å². The molecule has 0 rings (SSSR count). The molecule has 0 aliphatic heterocycles. The van der Waals surface area contributed by atoms with Crippen molar-refractivity contribution in [3.8, 4) is 0 Å². The van der Waals surface area contributed by atoms with Crippen LogP contribution in [0.4, 0.5) is 0 Å². The second-order valence-electron chi connectivity index (χ2n) is 3.36. The van der Waals surface area contributed by atoms with Crippen molar-refractivity contribution in [1.29, 1.82) is 0 Å². The molecular weight excluding hydrogens is 310 g/mol. The van der Waals surface area contributed by atoms with Crippen LogP contribution in [0.5, 0.6) is 0 Å². The van der Waals surface area contributed by atoms with E-state index in [1.165, 1.54) is 4.72 Å². The van der Waals surface area contributed by atoms with E-state index in [0.717, 1.165) is 0 Å². The van der Waals surface area contributed by atoms with E-state index in [-0.39, 0.29) is 0 Å². The smallest absolute Gasteiger partial charge is 0.394 e. The van der Waals surface area contributed by atoms with E-state index >= 15 is 0 Å². The third kappa shape index (κ3) is 9.85. The summed E-state index contributed by atoms with van der Waals surface area (Å²) in [4.78, 5) is 11.4. The molecule has 0 aromatic rings. The Morgan fingerprint density at radius 3 is 2.11 bits per heavy atom. The van der Waals surface area contributed by atoms with E-state index in [0.29, 0.717) is 0 Å². The molecule has 0 saturated heterocycles. The fraction of sp³-hybridized carbons (Fsp3) is 0.833. The normalized spacial score (nSPS) is 16.0. The maximum Gasteiger partial charge on any atom is 0.397 e. The van der Waals surface area contributed by atoms with E-state index in [1.54, 1.807) is 0 Å². The van der Waals surface area contributed by atoms with Crippen LogP contribution in [0.3, 0.4) is 0 Å². The number of ketones is 1. The number of carbonyl (C=O) groups excluding carboxylic acids is 1. The lowest BCUT2D eigenvalue weighted by molar-refractivity contribution is -0.123. The van der Waals surface area contributed by atoms with Crippen LogP contribution in [0.15, 0.2) is 0 Å². The minimum atomic E-state index is -4.78. The topological polar surface area (TPSA) is 188 Å². The Kier molecular flexibility index (Phi) is 6.95.